The molecule has 0 saturated heterocycles. The smallest absolute Gasteiger partial charge is 0.139 e. The van der Waals surface area contributed by atoms with Gasteiger partial charge in [0.15, 0.2) is 0 Å². The summed E-state index contributed by atoms with van der Waals surface area (Å²) < 4.78 is 17.4. The van der Waals surface area contributed by atoms with E-state index in [0.717, 1.165) is 16.6 Å². The molecule has 0 aliphatic carbocycles. The van der Waals surface area contributed by atoms with E-state index in [1.54, 1.807) is 12.5 Å². The van der Waals surface area contributed by atoms with Gasteiger partial charge in [-0.1, -0.05) is 23.2 Å². The number of hydrogen-bond acceptors (Lipinski definition) is 3. The minimum atomic E-state index is -0.488. The molecule has 0 unspecified atom stereocenters. The number of halogens is 3. The van der Waals surface area contributed by atoms with Gasteiger partial charge in [-0.05, 0) is 24.3 Å². The van der Waals surface area contributed by atoms with E-state index in [1.807, 2.05) is 36.1 Å². The molecular weight excluding hydrogens is 376 g/mol. The van der Waals surface area contributed by atoms with Crippen molar-refractivity contribution in [3.63, 3.8) is 0 Å². The summed E-state index contributed by atoms with van der Waals surface area (Å²) in [5.74, 6) is 0.107. The second-order valence-electron chi connectivity index (χ2n) is 5.94. The van der Waals surface area contributed by atoms with Gasteiger partial charge in [0.25, 0.3) is 0 Å². The Morgan fingerprint density at radius 2 is 1.92 bits per heavy atom. The molecule has 0 radical (unpaired) electrons. The zero-order valence-corrected chi connectivity index (χ0v) is 15.3. The fourth-order valence-electron chi connectivity index (χ4n) is 2.86. The normalized spacial score (nSPS) is 11.2. The third-order valence-electron chi connectivity index (χ3n) is 4.04. The van der Waals surface area contributed by atoms with E-state index in [2.05, 4.69) is 19.9 Å². The number of hydrogen-bond donors (Lipinski definition) is 1. The summed E-state index contributed by atoms with van der Waals surface area (Å²) in [7, 11) is 1.94. The van der Waals surface area contributed by atoms with Crippen molar-refractivity contribution in [2.24, 2.45) is 7.05 Å². The minimum Gasteiger partial charge on any atom is -0.341 e. The Hall–Kier alpha value is -2.57. The highest BCUT2D eigenvalue weighted by Gasteiger charge is 2.13. The molecule has 3 heterocycles. The van der Waals surface area contributed by atoms with Crippen molar-refractivity contribution < 1.29 is 4.39 Å². The summed E-state index contributed by atoms with van der Waals surface area (Å²) in [5, 5.41) is 4.41. The number of nitrogens with one attached hydrogen (secondary N) is 1. The van der Waals surface area contributed by atoms with Gasteiger partial charge in [0.05, 0.1) is 39.8 Å². The molecule has 0 saturated carbocycles. The Labute approximate surface area is 159 Å². The van der Waals surface area contributed by atoms with Crippen molar-refractivity contribution in [2.45, 2.75) is 6.54 Å². The van der Waals surface area contributed by atoms with Crippen molar-refractivity contribution >= 4 is 45.6 Å². The van der Waals surface area contributed by atoms with Crippen LogP contribution in [0.2, 0.25) is 10.0 Å². The molecule has 4 aromatic rings. The molecule has 26 heavy (non-hydrogen) atoms. The van der Waals surface area contributed by atoms with Crippen LogP contribution in [0.5, 0.6) is 0 Å². The van der Waals surface area contributed by atoms with Gasteiger partial charge in [0.2, 0.25) is 0 Å². The first-order chi connectivity index (χ1) is 12.5. The molecule has 132 valence electrons. The fraction of sp³-hybridized carbons (Fsp3) is 0.111. The molecule has 0 amide bonds. The lowest BCUT2D eigenvalue weighted by atomic mass is 10.2. The SMILES string of the molecule is Cn1cnc(Cn2ccc3c(Nc4c(Cl)cc(F)cc4Cl)nccc32)c1. The lowest BCUT2D eigenvalue weighted by Crippen LogP contribution is -2.00. The topological polar surface area (TPSA) is 47.7 Å². The van der Waals surface area contributed by atoms with Crippen LogP contribution in [0, 0.1) is 5.82 Å². The number of anilines is 2. The third kappa shape index (κ3) is 3.13. The molecular formula is C18H14Cl2FN5. The van der Waals surface area contributed by atoms with Crippen LogP contribution in [0.1, 0.15) is 5.69 Å². The van der Waals surface area contributed by atoms with Crippen molar-refractivity contribution in [1.29, 1.82) is 0 Å². The Kier molecular flexibility index (Phi) is 4.30. The molecule has 4 rings (SSSR count). The standard InChI is InChI=1S/C18H14Cl2FN5/c1-25-8-12(23-10-25)9-26-5-3-13-16(26)2-4-22-18(13)24-17-14(19)6-11(21)7-15(17)20/h2-8,10H,9H2,1H3,(H,22,24). The quantitative estimate of drug-likeness (QED) is 0.533. The van der Waals surface area contributed by atoms with Gasteiger partial charge < -0.3 is 14.5 Å². The third-order valence-corrected chi connectivity index (χ3v) is 4.63. The van der Waals surface area contributed by atoms with Gasteiger partial charge in [-0.25, -0.2) is 14.4 Å². The average Bonchev–Trinajstić information content (AvgIpc) is 3.18. The Morgan fingerprint density at radius 3 is 2.62 bits per heavy atom. The number of pyridine rings is 1. The zero-order valence-electron chi connectivity index (χ0n) is 13.7. The molecule has 0 fully saturated rings. The van der Waals surface area contributed by atoms with Crippen LogP contribution in [0.25, 0.3) is 10.9 Å². The monoisotopic (exact) mass is 389 g/mol. The predicted molar refractivity (Wildman–Crippen MR) is 102 cm³/mol. The predicted octanol–water partition coefficient (Wildman–Crippen LogP) is 5.01. The first kappa shape index (κ1) is 16.9. The van der Waals surface area contributed by atoms with Crippen molar-refractivity contribution in [2.75, 3.05) is 5.32 Å². The Balaban J connectivity index is 1.71. The number of imidazole rings is 1. The van der Waals surface area contributed by atoms with E-state index >= 15 is 0 Å². The van der Waals surface area contributed by atoms with E-state index in [0.29, 0.717) is 18.1 Å². The Morgan fingerprint density at radius 1 is 1.15 bits per heavy atom. The van der Waals surface area contributed by atoms with Crippen LogP contribution in [0.15, 0.2) is 49.2 Å². The van der Waals surface area contributed by atoms with E-state index < -0.39 is 5.82 Å². The van der Waals surface area contributed by atoms with E-state index in [4.69, 9.17) is 23.2 Å². The molecule has 5 nitrogen and oxygen atoms in total. The molecule has 3 aromatic heterocycles. The molecule has 0 aliphatic heterocycles. The van der Waals surface area contributed by atoms with Crippen LogP contribution >= 0.6 is 23.2 Å². The maximum Gasteiger partial charge on any atom is 0.139 e. The highest BCUT2D eigenvalue weighted by Crippen LogP contribution is 2.35. The van der Waals surface area contributed by atoms with E-state index in [-0.39, 0.29) is 10.0 Å². The van der Waals surface area contributed by atoms with Crippen molar-refractivity contribution in [3.8, 4) is 0 Å². The van der Waals surface area contributed by atoms with Crippen LogP contribution in [0.3, 0.4) is 0 Å². The van der Waals surface area contributed by atoms with Gasteiger partial charge in [0, 0.05) is 31.0 Å². The highest BCUT2D eigenvalue weighted by atomic mass is 35.5. The van der Waals surface area contributed by atoms with Crippen LogP contribution in [0.4, 0.5) is 15.9 Å². The maximum absolute atomic E-state index is 13.4. The van der Waals surface area contributed by atoms with E-state index in [1.165, 1.54) is 12.1 Å². The van der Waals surface area contributed by atoms with Crippen LogP contribution in [-0.2, 0) is 13.6 Å². The largest absolute Gasteiger partial charge is 0.341 e. The first-order valence-corrected chi connectivity index (χ1v) is 8.59. The summed E-state index contributed by atoms with van der Waals surface area (Å²) in [6.07, 6.45) is 7.42. The number of aromatic nitrogens is 4. The number of rotatable bonds is 4. The minimum absolute atomic E-state index is 0.196. The number of aryl methyl sites for hydroxylation is 1. The summed E-state index contributed by atoms with van der Waals surface area (Å²) in [4.78, 5) is 8.74. The molecule has 0 aliphatic rings. The number of benzene rings is 1. The molecule has 1 aromatic carbocycles. The van der Waals surface area contributed by atoms with Gasteiger partial charge in [0.1, 0.15) is 11.6 Å². The summed E-state index contributed by atoms with van der Waals surface area (Å²) >= 11 is 12.2. The van der Waals surface area contributed by atoms with Crippen molar-refractivity contribution in [3.05, 3.63) is 70.7 Å². The summed E-state index contributed by atoms with van der Waals surface area (Å²) in [6, 6.07) is 6.31. The van der Waals surface area contributed by atoms with Crippen LogP contribution < -0.4 is 5.32 Å². The highest BCUT2D eigenvalue weighted by molar-refractivity contribution is 6.39. The van der Waals surface area contributed by atoms with Gasteiger partial charge in [-0.15, -0.1) is 0 Å². The van der Waals surface area contributed by atoms with Gasteiger partial charge in [-0.2, -0.15) is 0 Å². The average molecular weight is 390 g/mol. The van der Waals surface area contributed by atoms with Crippen molar-refractivity contribution in [1.82, 2.24) is 19.1 Å². The molecule has 0 bridgehead atoms. The zero-order chi connectivity index (χ0) is 18.3. The number of nitrogens with zero attached hydrogens (tertiary/aromatic N) is 4. The fourth-order valence-corrected chi connectivity index (χ4v) is 3.42. The Bertz CT molecular complexity index is 1080. The second-order valence-corrected chi connectivity index (χ2v) is 6.75. The number of fused-ring (bicyclic) bond motifs is 1. The van der Waals surface area contributed by atoms with E-state index in [9.17, 15) is 4.39 Å². The molecule has 8 heteroatoms. The molecule has 0 spiro atoms. The molecule has 1 N–H and O–H groups in total. The lowest BCUT2D eigenvalue weighted by molar-refractivity contribution is 0.628. The lowest BCUT2D eigenvalue weighted by Gasteiger charge is -2.11. The summed E-state index contributed by atoms with van der Waals surface area (Å²) in [6.45, 7) is 0.645. The maximum atomic E-state index is 13.4. The van der Waals surface area contributed by atoms with Crippen LogP contribution in [-0.4, -0.2) is 19.1 Å². The van der Waals surface area contributed by atoms with Gasteiger partial charge in [-0.3, -0.25) is 0 Å². The molecule has 0 atom stereocenters. The second kappa shape index (κ2) is 6.63. The summed E-state index contributed by atoms with van der Waals surface area (Å²) in [5.41, 5.74) is 2.37. The first-order valence-electron chi connectivity index (χ1n) is 7.83. The van der Waals surface area contributed by atoms with Gasteiger partial charge >= 0.3 is 0 Å².